The first-order valence-electron chi connectivity index (χ1n) is 9.96. The molecule has 5 nitrogen and oxygen atoms in total. The molecular weight excluding hydrogens is 432 g/mol. The number of aromatic nitrogens is 1. The zero-order valence-corrected chi connectivity index (χ0v) is 18.8. The molecule has 156 valence electrons. The number of fused-ring (bicyclic) bond motifs is 2. The highest BCUT2D eigenvalue weighted by atomic mass is 35.5. The number of anilines is 1. The Bertz CT molecular complexity index is 1370. The Hall–Kier alpha value is -2.96. The van der Waals surface area contributed by atoms with Crippen LogP contribution in [0.25, 0.3) is 11.0 Å². The van der Waals surface area contributed by atoms with E-state index in [2.05, 4.69) is 18.8 Å². The highest BCUT2D eigenvalue weighted by Crippen LogP contribution is 2.42. The van der Waals surface area contributed by atoms with Gasteiger partial charge in [0.1, 0.15) is 5.58 Å². The van der Waals surface area contributed by atoms with Crippen LogP contribution < -0.4 is 10.3 Å². The molecule has 1 amide bonds. The Morgan fingerprint density at radius 3 is 2.55 bits per heavy atom. The summed E-state index contributed by atoms with van der Waals surface area (Å²) < 4.78 is 6.00. The molecule has 31 heavy (non-hydrogen) atoms. The third-order valence-corrected chi connectivity index (χ3v) is 6.87. The molecule has 0 saturated heterocycles. The Labute approximate surface area is 187 Å². The first-order valence-corrected chi connectivity index (χ1v) is 11.2. The number of benzene rings is 2. The lowest BCUT2D eigenvalue weighted by atomic mass is 9.95. The SMILES string of the molecule is Cc1cc2oc3c(c(=O)c2cc1Cl)C(c1ccc(C(C)C)cc1)N(c1nccs1)C3=O. The van der Waals surface area contributed by atoms with Gasteiger partial charge in [0.05, 0.1) is 17.0 Å². The number of nitrogens with zero attached hydrogens (tertiary/aromatic N) is 2. The van der Waals surface area contributed by atoms with Gasteiger partial charge < -0.3 is 4.42 Å². The number of aryl methyl sites for hydroxylation is 1. The van der Waals surface area contributed by atoms with Gasteiger partial charge in [-0.3, -0.25) is 14.5 Å². The second-order valence-electron chi connectivity index (χ2n) is 7.99. The van der Waals surface area contributed by atoms with Gasteiger partial charge in [0.2, 0.25) is 5.76 Å². The monoisotopic (exact) mass is 450 g/mol. The number of hydrogen-bond donors (Lipinski definition) is 0. The average Bonchev–Trinajstić information content (AvgIpc) is 3.36. The largest absolute Gasteiger partial charge is 0.450 e. The minimum Gasteiger partial charge on any atom is -0.450 e. The van der Waals surface area contributed by atoms with Crippen LogP contribution in [0.15, 0.2) is 57.2 Å². The molecule has 2 aromatic carbocycles. The van der Waals surface area contributed by atoms with E-state index in [4.69, 9.17) is 16.0 Å². The van der Waals surface area contributed by atoms with Gasteiger partial charge in [0.15, 0.2) is 10.6 Å². The van der Waals surface area contributed by atoms with Gasteiger partial charge in [-0.15, -0.1) is 11.3 Å². The molecule has 0 radical (unpaired) electrons. The van der Waals surface area contributed by atoms with Gasteiger partial charge in [-0.2, -0.15) is 0 Å². The van der Waals surface area contributed by atoms with Crippen LogP contribution in [-0.2, 0) is 0 Å². The number of carbonyl (C=O) groups excluding carboxylic acids is 1. The Balaban J connectivity index is 1.79. The summed E-state index contributed by atoms with van der Waals surface area (Å²) in [7, 11) is 0. The topological polar surface area (TPSA) is 63.4 Å². The van der Waals surface area contributed by atoms with Crippen LogP contribution in [0.1, 0.15) is 58.6 Å². The van der Waals surface area contributed by atoms with E-state index in [1.807, 2.05) is 31.2 Å². The van der Waals surface area contributed by atoms with E-state index in [9.17, 15) is 9.59 Å². The fourth-order valence-electron chi connectivity index (χ4n) is 4.00. The fraction of sp³-hybridized carbons (Fsp3) is 0.208. The fourth-order valence-corrected chi connectivity index (χ4v) is 4.83. The Morgan fingerprint density at radius 1 is 1.16 bits per heavy atom. The summed E-state index contributed by atoms with van der Waals surface area (Å²) in [5.41, 5.74) is 3.22. The number of carbonyl (C=O) groups is 1. The van der Waals surface area contributed by atoms with Gasteiger partial charge in [0.25, 0.3) is 5.91 Å². The predicted octanol–water partition coefficient (Wildman–Crippen LogP) is 6.08. The van der Waals surface area contributed by atoms with Gasteiger partial charge in [-0.05, 0) is 41.7 Å². The predicted molar refractivity (Wildman–Crippen MR) is 124 cm³/mol. The van der Waals surface area contributed by atoms with Crippen molar-refractivity contribution < 1.29 is 9.21 Å². The molecule has 2 aromatic heterocycles. The van der Waals surface area contributed by atoms with Crippen molar-refractivity contribution in [3.8, 4) is 0 Å². The van der Waals surface area contributed by atoms with Crippen molar-refractivity contribution in [1.82, 2.24) is 4.98 Å². The van der Waals surface area contributed by atoms with Crippen LogP contribution in [0.2, 0.25) is 5.02 Å². The Kier molecular flexibility index (Phi) is 4.72. The van der Waals surface area contributed by atoms with Gasteiger partial charge >= 0.3 is 0 Å². The lowest BCUT2D eigenvalue weighted by Crippen LogP contribution is -2.29. The molecule has 5 rings (SSSR count). The van der Waals surface area contributed by atoms with Crippen molar-refractivity contribution in [1.29, 1.82) is 0 Å². The summed E-state index contributed by atoms with van der Waals surface area (Å²) in [4.78, 5) is 32.9. The number of halogens is 1. The van der Waals surface area contributed by atoms with Crippen LogP contribution in [-0.4, -0.2) is 10.9 Å². The first kappa shape index (κ1) is 20.0. The summed E-state index contributed by atoms with van der Waals surface area (Å²) >= 11 is 7.63. The molecule has 1 aliphatic rings. The van der Waals surface area contributed by atoms with Crippen molar-refractivity contribution in [2.24, 2.45) is 0 Å². The first-order chi connectivity index (χ1) is 14.9. The van der Waals surface area contributed by atoms with E-state index in [1.54, 1.807) is 28.6 Å². The van der Waals surface area contributed by atoms with E-state index in [-0.39, 0.29) is 17.1 Å². The van der Waals surface area contributed by atoms with Crippen LogP contribution in [0.4, 0.5) is 5.13 Å². The molecule has 0 bridgehead atoms. The Morgan fingerprint density at radius 2 is 1.90 bits per heavy atom. The van der Waals surface area contributed by atoms with E-state index in [0.29, 0.717) is 32.6 Å². The van der Waals surface area contributed by atoms with Gasteiger partial charge in [-0.1, -0.05) is 49.7 Å². The zero-order chi connectivity index (χ0) is 21.9. The molecule has 0 spiro atoms. The van der Waals surface area contributed by atoms with Crippen molar-refractivity contribution in [2.75, 3.05) is 4.90 Å². The summed E-state index contributed by atoms with van der Waals surface area (Å²) in [6.45, 7) is 6.08. The average molecular weight is 451 g/mol. The number of thiazole rings is 1. The standard InChI is InChI=1S/C24H19ClN2O3S/c1-12(2)14-4-6-15(7-5-14)20-19-21(28)16-11-17(25)13(3)10-18(16)30-22(19)23(29)27(20)24-26-8-9-31-24/h4-12,20H,1-3H3. The molecule has 0 fully saturated rings. The van der Waals surface area contributed by atoms with Crippen LogP contribution in [0.5, 0.6) is 0 Å². The lowest BCUT2D eigenvalue weighted by molar-refractivity contribution is 0.0971. The normalized spacial score (nSPS) is 15.8. The van der Waals surface area contributed by atoms with Crippen molar-refractivity contribution in [2.45, 2.75) is 32.7 Å². The number of amides is 1. The van der Waals surface area contributed by atoms with Gasteiger partial charge in [-0.25, -0.2) is 4.98 Å². The molecule has 0 saturated carbocycles. The molecule has 1 unspecified atom stereocenters. The molecule has 4 aromatic rings. The minimum absolute atomic E-state index is 0.0624. The second-order valence-corrected chi connectivity index (χ2v) is 9.27. The van der Waals surface area contributed by atoms with Crippen LogP contribution in [0.3, 0.4) is 0 Å². The van der Waals surface area contributed by atoms with Gasteiger partial charge in [0, 0.05) is 16.6 Å². The maximum atomic E-state index is 13.6. The van der Waals surface area contributed by atoms with Crippen LogP contribution in [0, 0.1) is 6.92 Å². The van der Waals surface area contributed by atoms with Crippen LogP contribution >= 0.6 is 22.9 Å². The summed E-state index contributed by atoms with van der Waals surface area (Å²) in [6, 6.07) is 10.7. The molecule has 7 heteroatoms. The molecule has 0 aliphatic carbocycles. The number of hydrogen-bond acceptors (Lipinski definition) is 5. The van der Waals surface area contributed by atoms with Crippen molar-refractivity contribution in [3.05, 3.63) is 91.2 Å². The lowest BCUT2D eigenvalue weighted by Gasteiger charge is -2.23. The summed E-state index contributed by atoms with van der Waals surface area (Å²) in [6.07, 6.45) is 1.64. The van der Waals surface area contributed by atoms with E-state index < -0.39 is 6.04 Å². The van der Waals surface area contributed by atoms with E-state index >= 15 is 0 Å². The smallest absolute Gasteiger partial charge is 0.297 e. The summed E-state index contributed by atoms with van der Waals surface area (Å²) in [5, 5.41) is 3.18. The van der Waals surface area contributed by atoms with E-state index in [0.717, 1.165) is 11.1 Å². The third kappa shape index (κ3) is 3.09. The summed E-state index contributed by atoms with van der Waals surface area (Å²) in [5.74, 6) is 0.0721. The molecule has 3 heterocycles. The molecule has 1 atom stereocenters. The number of rotatable bonds is 3. The van der Waals surface area contributed by atoms with E-state index in [1.165, 1.54) is 16.9 Å². The quantitative estimate of drug-likeness (QED) is 0.379. The molecule has 1 aliphatic heterocycles. The molecular formula is C24H19ClN2O3S. The maximum absolute atomic E-state index is 13.6. The maximum Gasteiger partial charge on any atom is 0.297 e. The highest BCUT2D eigenvalue weighted by Gasteiger charge is 2.44. The van der Waals surface area contributed by atoms with Crippen molar-refractivity contribution >= 4 is 44.9 Å². The minimum atomic E-state index is -0.615. The second kappa shape index (κ2) is 7.32. The highest BCUT2D eigenvalue weighted by molar-refractivity contribution is 7.13. The van der Waals surface area contributed by atoms with Crippen molar-refractivity contribution in [3.63, 3.8) is 0 Å². The zero-order valence-electron chi connectivity index (χ0n) is 17.2. The molecule has 0 N–H and O–H groups in total. The third-order valence-electron chi connectivity index (χ3n) is 5.70.